The third-order valence-corrected chi connectivity index (χ3v) is 3.23. The number of carbonyl (C=O) groups is 1. The topological polar surface area (TPSA) is 73.2 Å². The smallest absolute Gasteiger partial charge is 0.407 e. The summed E-state index contributed by atoms with van der Waals surface area (Å²) in [7, 11) is -0.821. The molecule has 7 heteroatoms. The third-order valence-electron chi connectivity index (χ3n) is 2.47. The molecule has 0 aliphatic heterocycles. The standard InChI is InChI=1S/C13H23N3O3S/c1-13(2,3)19-12(17)15-6-5-11-9-14-10-16(11)7-8-20(4)18/h9-10H,5-8H2,1-4H3,(H,15,17). The van der Waals surface area contributed by atoms with Gasteiger partial charge in [-0.3, -0.25) is 4.21 Å². The molecule has 0 aromatic carbocycles. The molecular formula is C13H23N3O3S. The fraction of sp³-hybridized carbons (Fsp3) is 0.692. The van der Waals surface area contributed by atoms with Gasteiger partial charge in [0, 0.05) is 54.2 Å². The lowest BCUT2D eigenvalue weighted by Gasteiger charge is -2.19. The minimum Gasteiger partial charge on any atom is -0.444 e. The summed E-state index contributed by atoms with van der Waals surface area (Å²) in [6, 6.07) is 0. The maximum atomic E-state index is 11.5. The highest BCUT2D eigenvalue weighted by atomic mass is 32.2. The van der Waals surface area contributed by atoms with E-state index in [0.29, 0.717) is 25.3 Å². The lowest BCUT2D eigenvalue weighted by molar-refractivity contribution is 0.0528. The van der Waals surface area contributed by atoms with Crippen molar-refractivity contribution in [2.24, 2.45) is 0 Å². The molecule has 6 nitrogen and oxygen atoms in total. The molecule has 1 atom stereocenters. The Morgan fingerprint density at radius 1 is 1.50 bits per heavy atom. The van der Waals surface area contributed by atoms with Crippen LogP contribution in [0.25, 0.3) is 0 Å². The molecule has 0 spiro atoms. The molecule has 114 valence electrons. The van der Waals surface area contributed by atoms with Crippen molar-refractivity contribution in [3.05, 3.63) is 18.2 Å². The van der Waals surface area contributed by atoms with E-state index in [9.17, 15) is 9.00 Å². The largest absolute Gasteiger partial charge is 0.444 e. The fourth-order valence-electron chi connectivity index (χ4n) is 1.59. The third kappa shape index (κ3) is 6.70. The van der Waals surface area contributed by atoms with Gasteiger partial charge in [0.15, 0.2) is 0 Å². The Kier molecular flexibility index (Phi) is 6.19. The number of alkyl carbamates (subject to hydrolysis) is 1. The van der Waals surface area contributed by atoms with Gasteiger partial charge >= 0.3 is 6.09 Å². The number of nitrogens with zero attached hydrogens (tertiary/aromatic N) is 2. The number of aromatic nitrogens is 2. The zero-order valence-electron chi connectivity index (χ0n) is 12.5. The molecule has 1 N–H and O–H groups in total. The normalized spacial score (nSPS) is 13.0. The summed E-state index contributed by atoms with van der Waals surface area (Å²) in [6.45, 7) is 6.63. The lowest BCUT2D eigenvalue weighted by Crippen LogP contribution is -2.33. The number of nitrogens with one attached hydrogen (secondary N) is 1. The summed E-state index contributed by atoms with van der Waals surface area (Å²) >= 11 is 0. The van der Waals surface area contributed by atoms with Gasteiger partial charge in [0.1, 0.15) is 5.60 Å². The van der Waals surface area contributed by atoms with E-state index in [1.54, 1.807) is 18.8 Å². The minimum atomic E-state index is -0.821. The van der Waals surface area contributed by atoms with Crippen molar-refractivity contribution in [3.63, 3.8) is 0 Å². The summed E-state index contributed by atoms with van der Waals surface area (Å²) in [4.78, 5) is 15.6. The predicted octanol–water partition coefficient (Wildman–Crippen LogP) is 1.33. The number of ether oxygens (including phenoxy) is 1. The molecule has 0 bridgehead atoms. The van der Waals surface area contributed by atoms with Crippen LogP contribution in [0.5, 0.6) is 0 Å². The molecule has 0 radical (unpaired) electrons. The first-order valence-corrected chi connectivity index (χ1v) is 8.26. The Labute approximate surface area is 122 Å². The van der Waals surface area contributed by atoms with Crippen LogP contribution in [-0.2, 0) is 28.5 Å². The van der Waals surface area contributed by atoms with E-state index in [2.05, 4.69) is 10.3 Å². The molecule has 0 aliphatic carbocycles. The Morgan fingerprint density at radius 2 is 2.20 bits per heavy atom. The van der Waals surface area contributed by atoms with Gasteiger partial charge in [0.05, 0.1) is 6.33 Å². The molecule has 1 heterocycles. The first-order valence-electron chi connectivity index (χ1n) is 6.54. The Hall–Kier alpha value is -1.37. The van der Waals surface area contributed by atoms with Gasteiger partial charge < -0.3 is 14.6 Å². The number of imidazole rings is 1. The van der Waals surface area contributed by atoms with E-state index >= 15 is 0 Å². The van der Waals surface area contributed by atoms with Crippen molar-refractivity contribution in [1.82, 2.24) is 14.9 Å². The van der Waals surface area contributed by atoms with Crippen molar-refractivity contribution < 1.29 is 13.7 Å². The number of hydrogen-bond acceptors (Lipinski definition) is 4. The van der Waals surface area contributed by atoms with Gasteiger partial charge in [-0.2, -0.15) is 0 Å². The van der Waals surface area contributed by atoms with Crippen LogP contribution in [0.3, 0.4) is 0 Å². The van der Waals surface area contributed by atoms with Crippen molar-refractivity contribution >= 4 is 16.9 Å². The maximum absolute atomic E-state index is 11.5. The summed E-state index contributed by atoms with van der Waals surface area (Å²) in [5.41, 5.74) is 0.517. The number of hydrogen-bond donors (Lipinski definition) is 1. The van der Waals surface area contributed by atoms with Crippen molar-refractivity contribution in [2.45, 2.75) is 39.3 Å². The van der Waals surface area contributed by atoms with Gasteiger partial charge in [-0.05, 0) is 20.8 Å². The van der Waals surface area contributed by atoms with E-state index < -0.39 is 22.5 Å². The second kappa shape index (κ2) is 7.42. The average molecular weight is 301 g/mol. The van der Waals surface area contributed by atoms with Gasteiger partial charge in [0.25, 0.3) is 0 Å². The Balaban J connectivity index is 2.37. The number of amides is 1. The highest BCUT2D eigenvalue weighted by molar-refractivity contribution is 7.84. The monoisotopic (exact) mass is 301 g/mol. The van der Waals surface area contributed by atoms with Crippen LogP contribution in [0.2, 0.25) is 0 Å². The van der Waals surface area contributed by atoms with Crippen LogP contribution in [0.1, 0.15) is 26.5 Å². The molecule has 1 amide bonds. The molecule has 0 fully saturated rings. The molecular weight excluding hydrogens is 278 g/mol. The van der Waals surface area contributed by atoms with E-state index in [4.69, 9.17) is 4.74 Å². The fourth-order valence-corrected chi connectivity index (χ4v) is 2.05. The van der Waals surface area contributed by atoms with Crippen LogP contribution in [0, 0.1) is 0 Å². The summed E-state index contributed by atoms with van der Waals surface area (Å²) in [5.74, 6) is 0.600. The zero-order chi connectivity index (χ0) is 15.2. The van der Waals surface area contributed by atoms with Crippen LogP contribution in [0.4, 0.5) is 4.79 Å². The SMILES string of the molecule is CS(=O)CCn1cncc1CCNC(=O)OC(C)(C)C. The lowest BCUT2D eigenvalue weighted by atomic mass is 10.2. The van der Waals surface area contributed by atoms with Gasteiger partial charge in [-0.25, -0.2) is 9.78 Å². The molecule has 20 heavy (non-hydrogen) atoms. The number of rotatable bonds is 6. The summed E-state index contributed by atoms with van der Waals surface area (Å²) < 4.78 is 18.2. The van der Waals surface area contributed by atoms with Gasteiger partial charge in [0.2, 0.25) is 0 Å². The number of aryl methyl sites for hydroxylation is 1. The van der Waals surface area contributed by atoms with Gasteiger partial charge in [-0.1, -0.05) is 0 Å². The highest BCUT2D eigenvalue weighted by Gasteiger charge is 2.15. The van der Waals surface area contributed by atoms with Crippen LogP contribution >= 0.6 is 0 Å². The highest BCUT2D eigenvalue weighted by Crippen LogP contribution is 2.06. The second-order valence-electron chi connectivity index (χ2n) is 5.53. The van der Waals surface area contributed by atoms with Crippen molar-refractivity contribution in [1.29, 1.82) is 0 Å². The van der Waals surface area contributed by atoms with E-state index in [1.165, 1.54) is 0 Å². The van der Waals surface area contributed by atoms with Crippen LogP contribution < -0.4 is 5.32 Å². The molecule has 1 aromatic heterocycles. The van der Waals surface area contributed by atoms with Gasteiger partial charge in [-0.15, -0.1) is 0 Å². The van der Waals surface area contributed by atoms with E-state index in [0.717, 1.165) is 5.69 Å². The van der Waals surface area contributed by atoms with E-state index in [1.807, 2.05) is 25.3 Å². The quantitative estimate of drug-likeness (QED) is 0.860. The first kappa shape index (κ1) is 16.7. The molecule has 1 aromatic rings. The number of carbonyl (C=O) groups excluding carboxylic acids is 1. The Bertz CT molecular complexity index is 466. The van der Waals surface area contributed by atoms with Crippen LogP contribution in [-0.4, -0.2) is 44.0 Å². The van der Waals surface area contributed by atoms with Crippen molar-refractivity contribution in [3.8, 4) is 0 Å². The average Bonchev–Trinajstić information content (AvgIpc) is 2.71. The van der Waals surface area contributed by atoms with Crippen molar-refractivity contribution in [2.75, 3.05) is 18.6 Å². The molecule has 0 saturated heterocycles. The summed E-state index contributed by atoms with van der Waals surface area (Å²) in [5, 5.41) is 2.71. The molecule has 1 unspecified atom stereocenters. The zero-order valence-corrected chi connectivity index (χ0v) is 13.3. The predicted molar refractivity (Wildman–Crippen MR) is 79.1 cm³/mol. The first-order chi connectivity index (χ1) is 9.28. The van der Waals surface area contributed by atoms with Crippen LogP contribution in [0.15, 0.2) is 12.5 Å². The molecule has 0 saturated carbocycles. The maximum Gasteiger partial charge on any atom is 0.407 e. The minimum absolute atomic E-state index is 0.418. The molecule has 1 rings (SSSR count). The second-order valence-corrected chi connectivity index (χ2v) is 7.09. The summed E-state index contributed by atoms with van der Waals surface area (Å²) in [6.07, 6.45) is 5.40. The van der Waals surface area contributed by atoms with E-state index in [-0.39, 0.29) is 0 Å². The Morgan fingerprint density at radius 3 is 2.80 bits per heavy atom. The molecule has 0 aliphatic rings.